The summed E-state index contributed by atoms with van der Waals surface area (Å²) in [6.07, 6.45) is 2.83. The Labute approximate surface area is 126 Å². The largest absolute Gasteiger partial charge is 0.289 e. The van der Waals surface area contributed by atoms with Crippen molar-refractivity contribution in [3.8, 4) is 0 Å². The van der Waals surface area contributed by atoms with Crippen molar-refractivity contribution in [3.05, 3.63) is 76.4 Å². The van der Waals surface area contributed by atoms with E-state index in [1.807, 2.05) is 24.3 Å². The van der Waals surface area contributed by atoms with Crippen molar-refractivity contribution in [1.82, 2.24) is 0 Å². The Hall–Kier alpha value is -2.15. The Morgan fingerprint density at radius 2 is 1.67 bits per heavy atom. The normalized spacial score (nSPS) is 18.6. The number of carbonyl (C=O) groups is 1. The fourth-order valence-corrected chi connectivity index (χ4v) is 3.08. The molecule has 1 heteroatoms. The summed E-state index contributed by atoms with van der Waals surface area (Å²) in [7, 11) is 0. The van der Waals surface area contributed by atoms with Gasteiger partial charge in [0.1, 0.15) is 0 Å². The van der Waals surface area contributed by atoms with E-state index in [0.29, 0.717) is 0 Å². The highest BCUT2D eigenvalue weighted by Gasteiger charge is 2.34. The first kappa shape index (κ1) is 13.8. The second kappa shape index (κ2) is 5.00. The van der Waals surface area contributed by atoms with Crippen molar-refractivity contribution >= 4 is 11.9 Å². The Morgan fingerprint density at radius 1 is 1.00 bits per heavy atom. The Kier molecular flexibility index (Phi) is 3.29. The molecule has 0 aliphatic heterocycles. The van der Waals surface area contributed by atoms with Crippen LogP contribution in [0, 0.1) is 6.92 Å². The Balaban J connectivity index is 2.06. The zero-order valence-corrected chi connectivity index (χ0v) is 12.8. The van der Waals surface area contributed by atoms with Crippen molar-refractivity contribution in [2.45, 2.75) is 32.6 Å². The zero-order chi connectivity index (χ0) is 15.0. The number of Topliss-reactive ketones (excluding diaryl/α,β-unsaturated/α-hetero) is 1. The SMILES string of the molecule is Cc1ccc(C=C2CC(C)(C)c3ccccc3C2=O)cc1. The Bertz CT molecular complexity index is 718. The molecular weight excluding hydrogens is 256 g/mol. The van der Waals surface area contributed by atoms with Gasteiger partial charge >= 0.3 is 0 Å². The maximum absolute atomic E-state index is 12.7. The van der Waals surface area contributed by atoms with Gasteiger partial charge < -0.3 is 0 Å². The van der Waals surface area contributed by atoms with Gasteiger partial charge in [0.25, 0.3) is 0 Å². The topological polar surface area (TPSA) is 17.1 Å². The van der Waals surface area contributed by atoms with Crippen LogP contribution in [-0.2, 0) is 5.41 Å². The molecule has 1 aliphatic carbocycles. The van der Waals surface area contributed by atoms with E-state index in [1.54, 1.807) is 0 Å². The van der Waals surface area contributed by atoms with Crippen LogP contribution in [-0.4, -0.2) is 5.78 Å². The number of carbonyl (C=O) groups excluding carboxylic acids is 1. The number of aryl methyl sites for hydroxylation is 1. The molecule has 0 N–H and O–H groups in total. The van der Waals surface area contributed by atoms with Gasteiger partial charge in [0.2, 0.25) is 0 Å². The molecule has 0 saturated carbocycles. The van der Waals surface area contributed by atoms with E-state index < -0.39 is 0 Å². The van der Waals surface area contributed by atoms with E-state index in [-0.39, 0.29) is 11.2 Å². The summed E-state index contributed by atoms with van der Waals surface area (Å²) in [6.45, 7) is 6.49. The number of hydrogen-bond acceptors (Lipinski definition) is 1. The van der Waals surface area contributed by atoms with Gasteiger partial charge in [0.05, 0.1) is 0 Å². The van der Waals surface area contributed by atoms with Crippen LogP contribution in [0.3, 0.4) is 0 Å². The molecule has 0 aromatic heterocycles. The first-order valence-corrected chi connectivity index (χ1v) is 7.39. The van der Waals surface area contributed by atoms with Gasteiger partial charge in [-0.2, -0.15) is 0 Å². The fraction of sp³-hybridized carbons (Fsp3) is 0.250. The number of ketones is 1. The van der Waals surface area contributed by atoms with E-state index in [9.17, 15) is 4.79 Å². The summed E-state index contributed by atoms with van der Waals surface area (Å²) < 4.78 is 0. The van der Waals surface area contributed by atoms with E-state index in [2.05, 4.69) is 51.1 Å². The number of benzene rings is 2. The molecule has 0 amide bonds. The molecule has 106 valence electrons. The predicted molar refractivity (Wildman–Crippen MR) is 87.6 cm³/mol. The maximum Gasteiger partial charge on any atom is 0.189 e. The fourth-order valence-electron chi connectivity index (χ4n) is 3.08. The average molecular weight is 276 g/mol. The molecule has 0 spiro atoms. The summed E-state index contributed by atoms with van der Waals surface area (Å²) in [5.41, 5.74) is 5.25. The molecule has 2 aromatic carbocycles. The van der Waals surface area contributed by atoms with Crippen LogP contribution in [0.2, 0.25) is 0 Å². The minimum atomic E-state index is 0.00103. The van der Waals surface area contributed by atoms with Crippen LogP contribution < -0.4 is 0 Å². The van der Waals surface area contributed by atoms with Gasteiger partial charge in [-0.05, 0) is 36.0 Å². The second-order valence-corrected chi connectivity index (χ2v) is 6.52. The lowest BCUT2D eigenvalue weighted by Gasteiger charge is -2.33. The molecular formula is C20H20O. The van der Waals surface area contributed by atoms with Crippen LogP contribution >= 0.6 is 0 Å². The van der Waals surface area contributed by atoms with Gasteiger partial charge in [-0.3, -0.25) is 4.79 Å². The molecule has 0 atom stereocenters. The van der Waals surface area contributed by atoms with Crippen LogP contribution in [0.4, 0.5) is 0 Å². The van der Waals surface area contributed by atoms with Crippen molar-refractivity contribution in [1.29, 1.82) is 0 Å². The van der Waals surface area contributed by atoms with Crippen LogP contribution in [0.1, 0.15) is 47.3 Å². The molecule has 21 heavy (non-hydrogen) atoms. The zero-order valence-electron chi connectivity index (χ0n) is 12.8. The van der Waals surface area contributed by atoms with Gasteiger partial charge in [-0.15, -0.1) is 0 Å². The van der Waals surface area contributed by atoms with Crippen LogP contribution in [0.25, 0.3) is 6.08 Å². The minimum Gasteiger partial charge on any atom is -0.289 e. The highest BCUT2D eigenvalue weighted by atomic mass is 16.1. The predicted octanol–water partition coefficient (Wildman–Crippen LogP) is 4.94. The van der Waals surface area contributed by atoms with E-state index in [0.717, 1.165) is 28.7 Å². The second-order valence-electron chi connectivity index (χ2n) is 6.52. The monoisotopic (exact) mass is 276 g/mol. The molecule has 0 saturated heterocycles. The smallest absolute Gasteiger partial charge is 0.189 e. The molecule has 2 aromatic rings. The number of fused-ring (bicyclic) bond motifs is 1. The average Bonchev–Trinajstić information content (AvgIpc) is 2.47. The van der Waals surface area contributed by atoms with Gasteiger partial charge in [-0.25, -0.2) is 0 Å². The summed E-state index contributed by atoms with van der Waals surface area (Å²) in [5, 5.41) is 0. The van der Waals surface area contributed by atoms with Gasteiger partial charge in [-0.1, -0.05) is 67.9 Å². The molecule has 0 radical (unpaired) electrons. The molecule has 3 rings (SSSR count). The van der Waals surface area contributed by atoms with Crippen molar-refractivity contribution in [2.75, 3.05) is 0 Å². The summed E-state index contributed by atoms with van der Waals surface area (Å²) >= 11 is 0. The van der Waals surface area contributed by atoms with Crippen molar-refractivity contribution < 1.29 is 4.79 Å². The third-order valence-electron chi connectivity index (χ3n) is 4.24. The first-order valence-electron chi connectivity index (χ1n) is 7.39. The number of hydrogen-bond donors (Lipinski definition) is 0. The highest BCUT2D eigenvalue weighted by Crippen LogP contribution is 2.39. The lowest BCUT2D eigenvalue weighted by Crippen LogP contribution is -2.29. The minimum absolute atomic E-state index is 0.00103. The quantitative estimate of drug-likeness (QED) is 0.674. The summed E-state index contributed by atoms with van der Waals surface area (Å²) in [5.74, 6) is 0.172. The summed E-state index contributed by atoms with van der Waals surface area (Å²) in [6, 6.07) is 16.3. The summed E-state index contributed by atoms with van der Waals surface area (Å²) in [4.78, 5) is 12.7. The van der Waals surface area contributed by atoms with Gasteiger partial charge in [0, 0.05) is 11.1 Å². The maximum atomic E-state index is 12.7. The molecule has 0 unspecified atom stereocenters. The van der Waals surface area contributed by atoms with Crippen molar-refractivity contribution in [3.63, 3.8) is 0 Å². The van der Waals surface area contributed by atoms with Crippen LogP contribution in [0.5, 0.6) is 0 Å². The van der Waals surface area contributed by atoms with Gasteiger partial charge in [0.15, 0.2) is 5.78 Å². The standard InChI is InChI=1S/C20H20O/c1-14-8-10-15(11-9-14)12-16-13-20(2,3)18-7-5-4-6-17(18)19(16)21/h4-12H,13H2,1-3H3. The van der Waals surface area contributed by atoms with Crippen LogP contribution in [0.15, 0.2) is 54.1 Å². The number of allylic oxidation sites excluding steroid dienone is 1. The van der Waals surface area contributed by atoms with E-state index in [4.69, 9.17) is 0 Å². The lowest BCUT2D eigenvalue weighted by molar-refractivity contribution is 0.101. The molecule has 0 heterocycles. The first-order chi connectivity index (χ1) is 9.97. The van der Waals surface area contributed by atoms with E-state index in [1.165, 1.54) is 5.56 Å². The van der Waals surface area contributed by atoms with Crippen molar-refractivity contribution in [2.24, 2.45) is 0 Å². The Morgan fingerprint density at radius 3 is 2.38 bits per heavy atom. The third kappa shape index (κ3) is 2.56. The lowest BCUT2D eigenvalue weighted by atomic mass is 9.70. The molecule has 1 nitrogen and oxygen atoms in total. The highest BCUT2D eigenvalue weighted by molar-refractivity contribution is 6.13. The molecule has 0 fully saturated rings. The third-order valence-corrected chi connectivity index (χ3v) is 4.24. The molecule has 1 aliphatic rings. The van der Waals surface area contributed by atoms with E-state index >= 15 is 0 Å². The molecule has 0 bridgehead atoms. The number of rotatable bonds is 1.